The van der Waals surface area contributed by atoms with Crippen LogP contribution in [0, 0.1) is 5.82 Å². The molecule has 6 heteroatoms. The summed E-state index contributed by atoms with van der Waals surface area (Å²) in [5.74, 6) is -0.355. The minimum atomic E-state index is -0.263. The Labute approximate surface area is 160 Å². The number of H-pyrrole nitrogens is 1. The third kappa shape index (κ3) is 3.22. The summed E-state index contributed by atoms with van der Waals surface area (Å²) < 4.78 is 13.3. The van der Waals surface area contributed by atoms with Gasteiger partial charge in [-0.05, 0) is 48.4 Å². The maximum absolute atomic E-state index is 13.3. The lowest BCUT2D eigenvalue weighted by molar-refractivity contribution is 0.0773. The Morgan fingerprint density at radius 3 is 2.58 bits per heavy atom. The number of carbonyl (C=O) groups excluding carboxylic acids is 1. The average Bonchev–Trinajstić information content (AvgIpc) is 3.03. The number of benzene rings is 2. The second-order valence-corrected chi connectivity index (χ2v) is 7.15. The number of nitrogens with one attached hydrogen (secondary N) is 1. The zero-order valence-electron chi connectivity index (χ0n) is 13.7. The molecule has 1 aliphatic heterocycles. The molecule has 1 aromatic heterocycles. The van der Waals surface area contributed by atoms with Crippen molar-refractivity contribution < 1.29 is 9.18 Å². The maximum atomic E-state index is 13.3. The molecule has 2 aromatic carbocycles. The zero-order chi connectivity index (χ0) is 18.3. The summed E-state index contributed by atoms with van der Waals surface area (Å²) in [5, 5.41) is 1.87. The van der Waals surface area contributed by atoms with Crippen molar-refractivity contribution >= 4 is 45.6 Å². The van der Waals surface area contributed by atoms with Crippen molar-refractivity contribution in [2.45, 2.75) is 6.42 Å². The fraction of sp³-hybridized carbons (Fsp3) is 0.150. The molecule has 0 atom stereocenters. The lowest BCUT2D eigenvalue weighted by Gasteiger charge is -2.26. The van der Waals surface area contributed by atoms with Gasteiger partial charge in [0.15, 0.2) is 0 Å². The highest BCUT2D eigenvalue weighted by Crippen LogP contribution is 2.30. The Balaban J connectivity index is 1.57. The average molecular weight is 389 g/mol. The highest BCUT2D eigenvalue weighted by Gasteiger charge is 2.21. The summed E-state index contributed by atoms with van der Waals surface area (Å²) in [4.78, 5) is 17.6. The Hall–Kier alpha value is -2.30. The number of nitrogens with zero attached hydrogens (tertiary/aromatic N) is 1. The van der Waals surface area contributed by atoms with Crippen molar-refractivity contribution in [3.05, 3.63) is 75.7 Å². The van der Waals surface area contributed by atoms with Gasteiger partial charge in [-0.2, -0.15) is 0 Å². The molecule has 0 fully saturated rings. The fourth-order valence-corrected chi connectivity index (χ4v) is 3.85. The summed E-state index contributed by atoms with van der Waals surface area (Å²) in [6.07, 6.45) is 4.66. The number of amides is 1. The number of aromatic amines is 1. The predicted molar refractivity (Wildman–Crippen MR) is 103 cm³/mol. The quantitative estimate of drug-likeness (QED) is 0.614. The van der Waals surface area contributed by atoms with E-state index in [1.165, 1.54) is 12.1 Å². The van der Waals surface area contributed by atoms with Gasteiger partial charge in [0.1, 0.15) is 5.82 Å². The molecule has 0 spiro atoms. The van der Waals surface area contributed by atoms with Crippen LogP contribution in [0.5, 0.6) is 0 Å². The second-order valence-electron chi connectivity index (χ2n) is 6.28. The van der Waals surface area contributed by atoms with Gasteiger partial charge in [-0.25, -0.2) is 4.39 Å². The SMILES string of the molecule is O=C(c1cc(Cl)cc(Cl)c1)N1CC=C(c2c[nH]c3cc(F)ccc23)CC1. The number of halogens is 3. The van der Waals surface area contributed by atoms with Crippen molar-refractivity contribution in [2.75, 3.05) is 13.1 Å². The van der Waals surface area contributed by atoms with Gasteiger partial charge in [0, 0.05) is 51.4 Å². The Morgan fingerprint density at radius 2 is 1.88 bits per heavy atom. The summed E-state index contributed by atoms with van der Waals surface area (Å²) in [6, 6.07) is 9.59. The summed E-state index contributed by atoms with van der Waals surface area (Å²) in [7, 11) is 0. The molecule has 1 amide bonds. The van der Waals surface area contributed by atoms with Crippen LogP contribution in [0.15, 0.2) is 48.7 Å². The van der Waals surface area contributed by atoms with E-state index >= 15 is 0 Å². The predicted octanol–water partition coefficient (Wildman–Crippen LogP) is 5.54. The molecule has 3 nitrogen and oxygen atoms in total. The fourth-order valence-electron chi connectivity index (χ4n) is 3.32. The highest BCUT2D eigenvalue weighted by atomic mass is 35.5. The largest absolute Gasteiger partial charge is 0.360 e. The van der Waals surface area contributed by atoms with E-state index in [-0.39, 0.29) is 11.7 Å². The van der Waals surface area contributed by atoms with Crippen LogP contribution in [0.3, 0.4) is 0 Å². The molecule has 0 saturated carbocycles. The third-order valence-electron chi connectivity index (χ3n) is 4.60. The molecule has 2 heterocycles. The van der Waals surface area contributed by atoms with Crippen LogP contribution in [0.25, 0.3) is 16.5 Å². The van der Waals surface area contributed by atoms with Crippen LogP contribution < -0.4 is 0 Å². The molecule has 0 bridgehead atoms. The summed E-state index contributed by atoms with van der Waals surface area (Å²) in [6.45, 7) is 1.11. The molecule has 0 radical (unpaired) electrons. The van der Waals surface area contributed by atoms with Crippen molar-refractivity contribution in [3.8, 4) is 0 Å². The van der Waals surface area contributed by atoms with Crippen molar-refractivity contribution in [3.63, 3.8) is 0 Å². The van der Waals surface area contributed by atoms with E-state index in [9.17, 15) is 9.18 Å². The molecule has 0 unspecified atom stereocenters. The van der Waals surface area contributed by atoms with Gasteiger partial charge >= 0.3 is 0 Å². The smallest absolute Gasteiger partial charge is 0.254 e. The van der Waals surface area contributed by atoms with Gasteiger partial charge in [0.05, 0.1) is 0 Å². The van der Waals surface area contributed by atoms with Gasteiger partial charge < -0.3 is 9.88 Å². The molecular formula is C20H15Cl2FN2O. The molecule has 3 aromatic rings. The number of hydrogen-bond acceptors (Lipinski definition) is 1. The maximum Gasteiger partial charge on any atom is 0.254 e. The van der Waals surface area contributed by atoms with E-state index in [0.717, 1.165) is 28.5 Å². The molecule has 132 valence electrons. The van der Waals surface area contributed by atoms with E-state index < -0.39 is 0 Å². The van der Waals surface area contributed by atoms with Gasteiger partial charge in [0.25, 0.3) is 5.91 Å². The summed E-state index contributed by atoms with van der Waals surface area (Å²) in [5.41, 5.74) is 3.46. The first kappa shape index (κ1) is 17.1. The highest BCUT2D eigenvalue weighted by molar-refractivity contribution is 6.35. The first-order valence-electron chi connectivity index (χ1n) is 8.23. The Kier molecular flexibility index (Phi) is 4.47. The Morgan fingerprint density at radius 1 is 1.12 bits per heavy atom. The molecule has 26 heavy (non-hydrogen) atoms. The first-order valence-corrected chi connectivity index (χ1v) is 8.98. The molecule has 1 N–H and O–H groups in total. The Bertz CT molecular complexity index is 1020. The monoisotopic (exact) mass is 388 g/mol. The lowest BCUT2D eigenvalue weighted by Crippen LogP contribution is -2.34. The lowest BCUT2D eigenvalue weighted by atomic mass is 9.98. The van der Waals surface area contributed by atoms with Gasteiger partial charge in [-0.3, -0.25) is 4.79 Å². The summed E-state index contributed by atoms with van der Waals surface area (Å²) >= 11 is 12.0. The number of rotatable bonds is 2. The van der Waals surface area contributed by atoms with E-state index in [1.807, 2.05) is 12.3 Å². The van der Waals surface area contributed by atoms with Gasteiger partial charge in [0.2, 0.25) is 0 Å². The van der Waals surface area contributed by atoms with Crippen LogP contribution in [0.2, 0.25) is 10.0 Å². The van der Waals surface area contributed by atoms with Crippen LogP contribution in [0.4, 0.5) is 4.39 Å². The van der Waals surface area contributed by atoms with Crippen LogP contribution in [-0.2, 0) is 0 Å². The van der Waals surface area contributed by atoms with Crippen molar-refractivity contribution in [1.82, 2.24) is 9.88 Å². The number of hydrogen-bond donors (Lipinski definition) is 1. The number of carbonyl (C=O) groups is 1. The topological polar surface area (TPSA) is 36.1 Å². The van der Waals surface area contributed by atoms with Gasteiger partial charge in [-0.15, -0.1) is 0 Å². The number of aromatic nitrogens is 1. The third-order valence-corrected chi connectivity index (χ3v) is 5.03. The second kappa shape index (κ2) is 6.78. The molecule has 0 saturated heterocycles. The van der Waals surface area contributed by atoms with Gasteiger partial charge in [-0.1, -0.05) is 29.3 Å². The zero-order valence-corrected chi connectivity index (χ0v) is 15.2. The first-order chi connectivity index (χ1) is 12.5. The van der Waals surface area contributed by atoms with Crippen LogP contribution >= 0.6 is 23.2 Å². The van der Waals surface area contributed by atoms with E-state index in [4.69, 9.17) is 23.2 Å². The molecule has 0 aliphatic carbocycles. The van der Waals surface area contributed by atoms with E-state index in [1.54, 1.807) is 29.2 Å². The minimum Gasteiger partial charge on any atom is -0.360 e. The minimum absolute atomic E-state index is 0.0919. The number of fused-ring (bicyclic) bond motifs is 1. The normalized spacial score (nSPS) is 14.6. The molecule has 4 rings (SSSR count). The van der Waals surface area contributed by atoms with E-state index in [0.29, 0.717) is 28.7 Å². The van der Waals surface area contributed by atoms with E-state index in [2.05, 4.69) is 4.98 Å². The van der Waals surface area contributed by atoms with Crippen molar-refractivity contribution in [1.29, 1.82) is 0 Å². The van der Waals surface area contributed by atoms with Crippen LogP contribution in [-0.4, -0.2) is 28.9 Å². The molecule has 1 aliphatic rings. The standard InChI is InChI=1S/C20H15Cl2FN2O/c21-14-7-13(8-15(22)9-14)20(26)25-5-3-12(4-6-25)18-11-24-19-10-16(23)1-2-17(18)19/h1-3,7-11,24H,4-6H2. The molecular weight excluding hydrogens is 374 g/mol. The van der Waals surface area contributed by atoms with Crippen molar-refractivity contribution in [2.24, 2.45) is 0 Å². The van der Waals surface area contributed by atoms with Crippen LogP contribution in [0.1, 0.15) is 22.3 Å².